The van der Waals surface area contributed by atoms with E-state index in [1.54, 1.807) is 30.5 Å². The summed E-state index contributed by atoms with van der Waals surface area (Å²) < 4.78 is 5.44. The molecule has 2 aliphatic heterocycles. The maximum atomic E-state index is 13.5. The fourth-order valence-electron chi connectivity index (χ4n) is 5.79. The van der Waals surface area contributed by atoms with Crippen LogP contribution in [0.4, 0.5) is 0 Å². The molecule has 3 aromatic carbocycles. The first-order valence-electron chi connectivity index (χ1n) is 14.3. The molecule has 3 heterocycles. The molecule has 4 aromatic rings. The largest absolute Gasteiger partial charge is 0.379 e. The summed E-state index contributed by atoms with van der Waals surface area (Å²) in [6, 6.07) is 23.2. The van der Waals surface area contributed by atoms with Crippen molar-refractivity contribution in [2.24, 2.45) is 0 Å². The van der Waals surface area contributed by atoms with Crippen molar-refractivity contribution in [3.05, 3.63) is 113 Å². The fourth-order valence-corrected chi connectivity index (χ4v) is 5.79. The zero-order chi connectivity index (χ0) is 28.1. The van der Waals surface area contributed by atoms with Gasteiger partial charge in [0.15, 0.2) is 5.78 Å². The summed E-state index contributed by atoms with van der Waals surface area (Å²) in [5.41, 5.74) is 5.59. The summed E-state index contributed by atoms with van der Waals surface area (Å²) in [5.74, 6) is -0.189. The van der Waals surface area contributed by atoms with E-state index in [4.69, 9.17) is 4.74 Å². The van der Waals surface area contributed by atoms with E-state index in [0.717, 1.165) is 81.0 Å². The number of piperidine rings is 1. The van der Waals surface area contributed by atoms with Crippen molar-refractivity contribution in [3.8, 4) is 11.1 Å². The monoisotopic (exact) mass is 549 g/mol. The Balaban J connectivity index is 1.15. The lowest BCUT2D eigenvalue weighted by atomic mass is 9.80. The average molecular weight is 550 g/mol. The molecule has 1 amide bonds. The van der Waals surface area contributed by atoms with E-state index in [9.17, 15) is 9.59 Å². The molecular weight excluding hydrogens is 514 g/mol. The molecule has 0 saturated carbocycles. The molecule has 0 radical (unpaired) electrons. The van der Waals surface area contributed by atoms with Gasteiger partial charge < -0.3 is 15.4 Å². The van der Waals surface area contributed by atoms with Crippen LogP contribution in [0.25, 0.3) is 11.1 Å². The maximum absolute atomic E-state index is 13.5. The molecular formula is C33H35N5O3. The quantitative estimate of drug-likeness (QED) is 0.286. The number of ketones is 1. The van der Waals surface area contributed by atoms with Gasteiger partial charge in [0.25, 0.3) is 5.91 Å². The number of hydrogen-bond donors (Lipinski definition) is 3. The molecule has 2 fully saturated rings. The van der Waals surface area contributed by atoms with Crippen molar-refractivity contribution >= 4 is 11.7 Å². The summed E-state index contributed by atoms with van der Waals surface area (Å²) >= 11 is 0. The van der Waals surface area contributed by atoms with E-state index in [1.807, 2.05) is 24.4 Å². The number of nitrogens with one attached hydrogen (secondary N) is 3. The Morgan fingerprint density at radius 1 is 0.878 bits per heavy atom. The molecule has 210 valence electrons. The molecule has 2 saturated heterocycles. The van der Waals surface area contributed by atoms with Gasteiger partial charge in [-0.1, -0.05) is 54.6 Å². The van der Waals surface area contributed by atoms with Crippen LogP contribution in [0.5, 0.6) is 0 Å². The first kappa shape index (κ1) is 27.1. The van der Waals surface area contributed by atoms with Crippen molar-refractivity contribution in [2.45, 2.75) is 24.9 Å². The Hall–Kier alpha value is -4.11. The van der Waals surface area contributed by atoms with E-state index < -0.39 is 5.54 Å². The highest BCUT2D eigenvalue weighted by molar-refractivity contribution is 6.09. The van der Waals surface area contributed by atoms with Crippen LogP contribution < -0.4 is 10.6 Å². The molecule has 0 atom stereocenters. The number of morpholine rings is 1. The van der Waals surface area contributed by atoms with Gasteiger partial charge in [0, 0.05) is 48.1 Å². The average Bonchev–Trinajstić information content (AvgIpc) is 3.57. The van der Waals surface area contributed by atoms with Gasteiger partial charge in [-0.3, -0.25) is 19.6 Å². The van der Waals surface area contributed by atoms with Crippen molar-refractivity contribution in [2.75, 3.05) is 39.4 Å². The minimum Gasteiger partial charge on any atom is -0.379 e. The van der Waals surface area contributed by atoms with E-state index in [0.29, 0.717) is 16.7 Å². The van der Waals surface area contributed by atoms with E-state index in [-0.39, 0.29) is 11.7 Å². The third kappa shape index (κ3) is 6.15. The van der Waals surface area contributed by atoms with Gasteiger partial charge in [-0.05, 0) is 60.8 Å². The van der Waals surface area contributed by atoms with Gasteiger partial charge in [-0.15, -0.1) is 0 Å². The lowest BCUT2D eigenvalue weighted by molar-refractivity contribution is 0.0342. The number of carbonyl (C=O) groups excluding carboxylic acids is 2. The van der Waals surface area contributed by atoms with E-state index in [2.05, 4.69) is 56.1 Å². The zero-order valence-electron chi connectivity index (χ0n) is 23.1. The van der Waals surface area contributed by atoms with Crippen LogP contribution in [-0.2, 0) is 16.8 Å². The Morgan fingerprint density at radius 3 is 2.32 bits per heavy atom. The number of aromatic nitrogens is 2. The van der Waals surface area contributed by atoms with Crippen molar-refractivity contribution in [1.82, 2.24) is 25.7 Å². The number of carbonyl (C=O) groups is 2. The van der Waals surface area contributed by atoms with Crippen LogP contribution in [0, 0.1) is 0 Å². The number of amides is 1. The molecule has 41 heavy (non-hydrogen) atoms. The van der Waals surface area contributed by atoms with Crippen LogP contribution in [0.15, 0.2) is 85.2 Å². The SMILES string of the molecule is O=C(NC1(c2ccc(-c3cn[nH]c3)cc2)CCNCC1)c1ccc(C(=O)c2cccc(CN3CCOCC3)c2)cc1. The van der Waals surface area contributed by atoms with E-state index >= 15 is 0 Å². The van der Waals surface area contributed by atoms with Crippen molar-refractivity contribution in [3.63, 3.8) is 0 Å². The second-order valence-corrected chi connectivity index (χ2v) is 10.8. The van der Waals surface area contributed by atoms with Crippen molar-refractivity contribution < 1.29 is 14.3 Å². The van der Waals surface area contributed by atoms with Gasteiger partial charge >= 0.3 is 0 Å². The topological polar surface area (TPSA) is 99.3 Å². The first-order chi connectivity index (χ1) is 20.1. The molecule has 0 unspecified atom stereocenters. The molecule has 8 heteroatoms. The van der Waals surface area contributed by atoms with Gasteiger partial charge in [-0.2, -0.15) is 5.10 Å². The number of nitrogens with zero attached hydrogens (tertiary/aromatic N) is 2. The minimum atomic E-state index is -0.466. The molecule has 0 spiro atoms. The number of benzene rings is 3. The number of hydrogen-bond acceptors (Lipinski definition) is 6. The maximum Gasteiger partial charge on any atom is 0.251 e. The van der Waals surface area contributed by atoms with Crippen LogP contribution in [0.2, 0.25) is 0 Å². The summed E-state index contributed by atoms with van der Waals surface area (Å²) in [6.45, 7) is 5.73. The van der Waals surface area contributed by atoms with Crippen molar-refractivity contribution in [1.29, 1.82) is 0 Å². The van der Waals surface area contributed by atoms with Gasteiger partial charge in [0.2, 0.25) is 0 Å². The summed E-state index contributed by atoms with van der Waals surface area (Å²) in [6.07, 6.45) is 5.25. The summed E-state index contributed by atoms with van der Waals surface area (Å²) in [4.78, 5) is 29.1. The molecule has 0 bridgehead atoms. The van der Waals surface area contributed by atoms with E-state index in [1.165, 1.54) is 0 Å². The highest BCUT2D eigenvalue weighted by atomic mass is 16.5. The number of H-pyrrole nitrogens is 1. The predicted molar refractivity (Wildman–Crippen MR) is 158 cm³/mol. The van der Waals surface area contributed by atoms with Crippen LogP contribution in [0.1, 0.15) is 50.2 Å². The standard InChI is InChI=1S/C33H35N5O3/c39-31(28-3-1-2-24(20-28)23-38-16-18-41-19-17-38)26-4-6-27(7-5-26)32(40)37-33(12-14-34-15-13-33)30-10-8-25(9-11-30)29-21-35-36-22-29/h1-11,20-22,34H,12-19,23H2,(H,35,36)(H,37,40). The Bertz CT molecular complexity index is 1470. The minimum absolute atomic E-state index is 0.0478. The van der Waals surface area contributed by atoms with Gasteiger partial charge in [-0.25, -0.2) is 0 Å². The number of rotatable bonds is 8. The number of aromatic amines is 1. The zero-order valence-corrected chi connectivity index (χ0v) is 23.1. The Morgan fingerprint density at radius 2 is 1.61 bits per heavy atom. The second kappa shape index (κ2) is 12.2. The predicted octanol–water partition coefficient (Wildman–Crippen LogP) is 4.15. The second-order valence-electron chi connectivity index (χ2n) is 10.8. The molecule has 6 rings (SSSR count). The third-order valence-corrected chi connectivity index (χ3v) is 8.19. The fraction of sp³-hybridized carbons (Fsp3) is 0.303. The summed E-state index contributed by atoms with van der Waals surface area (Å²) in [5, 5.41) is 13.7. The smallest absolute Gasteiger partial charge is 0.251 e. The molecule has 8 nitrogen and oxygen atoms in total. The lowest BCUT2D eigenvalue weighted by Crippen LogP contribution is -2.52. The van der Waals surface area contributed by atoms with Crippen LogP contribution >= 0.6 is 0 Å². The highest BCUT2D eigenvalue weighted by Gasteiger charge is 2.35. The Labute approximate surface area is 240 Å². The van der Waals surface area contributed by atoms with Crippen LogP contribution in [0.3, 0.4) is 0 Å². The Kier molecular flexibility index (Phi) is 8.04. The molecule has 2 aliphatic rings. The lowest BCUT2D eigenvalue weighted by Gasteiger charge is -2.39. The number of ether oxygens (including phenoxy) is 1. The third-order valence-electron chi connectivity index (χ3n) is 8.19. The normalized spacial score (nSPS) is 17.2. The molecule has 0 aliphatic carbocycles. The van der Waals surface area contributed by atoms with Crippen LogP contribution in [-0.4, -0.2) is 66.2 Å². The first-order valence-corrected chi connectivity index (χ1v) is 14.3. The van der Waals surface area contributed by atoms with Gasteiger partial charge in [0.05, 0.1) is 24.9 Å². The van der Waals surface area contributed by atoms with Gasteiger partial charge in [0.1, 0.15) is 0 Å². The summed E-state index contributed by atoms with van der Waals surface area (Å²) in [7, 11) is 0. The highest BCUT2D eigenvalue weighted by Crippen LogP contribution is 2.33. The molecule has 1 aromatic heterocycles. The molecule has 3 N–H and O–H groups in total.